The predicted molar refractivity (Wildman–Crippen MR) is 63.7 cm³/mol. The molecule has 0 spiro atoms. The average Bonchev–Trinajstić information content (AvgIpc) is 2.23. The number of esters is 1. The van der Waals surface area contributed by atoms with Gasteiger partial charge < -0.3 is 4.74 Å². The standard InChI is InChI=1S/C13H24O2/c1-4-7-8-9-11-12(10-5-2)13(14)15-6-3/h7-8,12H,4-6,9-11H2,1-3H3. The molecule has 0 bridgehead atoms. The summed E-state index contributed by atoms with van der Waals surface area (Å²) < 4.78 is 5.05. The molecule has 0 N–H and O–H groups in total. The van der Waals surface area contributed by atoms with E-state index in [2.05, 4.69) is 26.0 Å². The second-order valence-corrected chi connectivity index (χ2v) is 3.69. The lowest BCUT2D eigenvalue weighted by Crippen LogP contribution is -2.17. The van der Waals surface area contributed by atoms with Gasteiger partial charge in [0.1, 0.15) is 0 Å². The summed E-state index contributed by atoms with van der Waals surface area (Å²) in [5, 5.41) is 0. The molecule has 0 amide bonds. The van der Waals surface area contributed by atoms with Crippen LogP contribution >= 0.6 is 0 Å². The lowest BCUT2D eigenvalue weighted by molar-refractivity contribution is -0.148. The molecule has 0 saturated heterocycles. The van der Waals surface area contributed by atoms with Gasteiger partial charge in [-0.25, -0.2) is 0 Å². The maximum absolute atomic E-state index is 11.6. The number of ether oxygens (including phenoxy) is 1. The smallest absolute Gasteiger partial charge is 0.308 e. The van der Waals surface area contributed by atoms with Crippen molar-refractivity contribution in [2.45, 2.75) is 52.9 Å². The van der Waals surface area contributed by atoms with Gasteiger partial charge >= 0.3 is 5.97 Å². The zero-order valence-corrected chi connectivity index (χ0v) is 10.3. The van der Waals surface area contributed by atoms with E-state index < -0.39 is 0 Å². The molecule has 0 aromatic carbocycles. The largest absolute Gasteiger partial charge is 0.466 e. The molecule has 0 aromatic heterocycles. The maximum atomic E-state index is 11.6. The average molecular weight is 212 g/mol. The molecule has 15 heavy (non-hydrogen) atoms. The van der Waals surface area contributed by atoms with Crippen LogP contribution < -0.4 is 0 Å². The molecule has 0 aliphatic heterocycles. The number of carbonyl (C=O) groups excluding carboxylic acids is 1. The third kappa shape index (κ3) is 7.18. The molecular formula is C13H24O2. The Labute approximate surface area is 93.7 Å². The van der Waals surface area contributed by atoms with Crippen molar-refractivity contribution in [2.24, 2.45) is 5.92 Å². The zero-order valence-electron chi connectivity index (χ0n) is 10.3. The van der Waals surface area contributed by atoms with Crippen molar-refractivity contribution in [2.75, 3.05) is 6.61 Å². The van der Waals surface area contributed by atoms with E-state index in [9.17, 15) is 4.79 Å². The number of allylic oxidation sites excluding steroid dienone is 2. The molecule has 1 unspecified atom stereocenters. The molecule has 0 aliphatic carbocycles. The highest BCUT2D eigenvalue weighted by Gasteiger charge is 2.17. The van der Waals surface area contributed by atoms with Gasteiger partial charge in [0.25, 0.3) is 0 Å². The van der Waals surface area contributed by atoms with Crippen molar-refractivity contribution < 1.29 is 9.53 Å². The highest BCUT2D eigenvalue weighted by molar-refractivity contribution is 5.72. The Morgan fingerprint density at radius 1 is 1.20 bits per heavy atom. The molecule has 0 radical (unpaired) electrons. The SMILES string of the molecule is CCC=CCCC(CCC)C(=O)OCC. The normalized spacial score (nSPS) is 13.0. The van der Waals surface area contributed by atoms with Crippen molar-refractivity contribution in [1.29, 1.82) is 0 Å². The summed E-state index contributed by atoms with van der Waals surface area (Å²) in [6.45, 7) is 6.57. The molecule has 2 nitrogen and oxygen atoms in total. The van der Waals surface area contributed by atoms with Crippen LogP contribution in [0, 0.1) is 5.92 Å². The van der Waals surface area contributed by atoms with Gasteiger partial charge in [-0.15, -0.1) is 0 Å². The minimum Gasteiger partial charge on any atom is -0.466 e. The second-order valence-electron chi connectivity index (χ2n) is 3.69. The number of carbonyl (C=O) groups is 1. The summed E-state index contributed by atoms with van der Waals surface area (Å²) in [5.74, 6) is 0.0701. The van der Waals surface area contributed by atoms with Gasteiger partial charge in [0.2, 0.25) is 0 Å². The van der Waals surface area contributed by atoms with E-state index in [0.29, 0.717) is 6.61 Å². The van der Waals surface area contributed by atoms with Crippen LogP contribution in [0.25, 0.3) is 0 Å². The van der Waals surface area contributed by atoms with Crippen LogP contribution in [-0.2, 0) is 9.53 Å². The van der Waals surface area contributed by atoms with Gasteiger partial charge in [-0.1, -0.05) is 32.4 Å². The van der Waals surface area contributed by atoms with Gasteiger partial charge in [0, 0.05) is 0 Å². The molecule has 0 aromatic rings. The Balaban J connectivity index is 3.91. The lowest BCUT2D eigenvalue weighted by Gasteiger charge is -2.13. The van der Waals surface area contributed by atoms with Crippen molar-refractivity contribution in [3.8, 4) is 0 Å². The summed E-state index contributed by atoms with van der Waals surface area (Å²) in [6.07, 6.45) is 9.26. The first-order valence-corrected chi connectivity index (χ1v) is 6.07. The van der Waals surface area contributed by atoms with Crippen molar-refractivity contribution in [3.63, 3.8) is 0 Å². The Morgan fingerprint density at radius 2 is 1.93 bits per heavy atom. The Hall–Kier alpha value is -0.790. The zero-order chi connectivity index (χ0) is 11.5. The third-order valence-corrected chi connectivity index (χ3v) is 2.34. The second kappa shape index (κ2) is 9.75. The monoisotopic (exact) mass is 212 g/mol. The van der Waals surface area contributed by atoms with Gasteiger partial charge in [-0.3, -0.25) is 4.79 Å². The van der Waals surface area contributed by atoms with E-state index in [1.807, 2.05) is 6.92 Å². The molecule has 2 heteroatoms. The maximum Gasteiger partial charge on any atom is 0.308 e. The van der Waals surface area contributed by atoms with Crippen LogP contribution in [0.4, 0.5) is 0 Å². The molecule has 0 heterocycles. The molecule has 0 fully saturated rings. The highest BCUT2D eigenvalue weighted by Crippen LogP contribution is 2.15. The van der Waals surface area contributed by atoms with Gasteiger partial charge in [-0.2, -0.15) is 0 Å². The van der Waals surface area contributed by atoms with Crippen LogP contribution in [0.15, 0.2) is 12.2 Å². The van der Waals surface area contributed by atoms with Gasteiger partial charge in [0.05, 0.1) is 12.5 Å². The summed E-state index contributed by atoms with van der Waals surface area (Å²) >= 11 is 0. The molecular weight excluding hydrogens is 188 g/mol. The third-order valence-electron chi connectivity index (χ3n) is 2.34. The van der Waals surface area contributed by atoms with E-state index in [1.54, 1.807) is 0 Å². The summed E-state index contributed by atoms with van der Waals surface area (Å²) in [5.41, 5.74) is 0. The Kier molecular flexibility index (Phi) is 9.24. The summed E-state index contributed by atoms with van der Waals surface area (Å²) in [4.78, 5) is 11.6. The van der Waals surface area contributed by atoms with E-state index in [-0.39, 0.29) is 11.9 Å². The van der Waals surface area contributed by atoms with Crippen LogP contribution in [0.3, 0.4) is 0 Å². The van der Waals surface area contributed by atoms with Gasteiger partial charge in [-0.05, 0) is 32.6 Å². The van der Waals surface area contributed by atoms with Crippen LogP contribution in [-0.4, -0.2) is 12.6 Å². The Morgan fingerprint density at radius 3 is 2.47 bits per heavy atom. The van der Waals surface area contributed by atoms with Crippen molar-refractivity contribution >= 4 is 5.97 Å². The van der Waals surface area contributed by atoms with Crippen LogP contribution in [0.5, 0.6) is 0 Å². The first-order chi connectivity index (χ1) is 7.26. The van der Waals surface area contributed by atoms with Crippen LogP contribution in [0.1, 0.15) is 52.9 Å². The summed E-state index contributed by atoms with van der Waals surface area (Å²) in [6, 6.07) is 0. The van der Waals surface area contributed by atoms with Crippen molar-refractivity contribution in [1.82, 2.24) is 0 Å². The molecule has 1 atom stereocenters. The highest BCUT2D eigenvalue weighted by atomic mass is 16.5. The lowest BCUT2D eigenvalue weighted by atomic mass is 9.98. The predicted octanol–water partition coefficient (Wildman–Crippen LogP) is 3.71. The molecule has 0 rings (SSSR count). The van der Waals surface area contributed by atoms with Crippen LogP contribution in [0.2, 0.25) is 0 Å². The Bertz CT molecular complexity index is 185. The fraction of sp³-hybridized carbons (Fsp3) is 0.769. The first-order valence-electron chi connectivity index (χ1n) is 6.07. The van der Waals surface area contributed by atoms with E-state index in [1.165, 1.54) is 0 Å². The van der Waals surface area contributed by atoms with Crippen molar-refractivity contribution in [3.05, 3.63) is 12.2 Å². The first kappa shape index (κ1) is 14.2. The van der Waals surface area contributed by atoms with E-state index >= 15 is 0 Å². The fourth-order valence-electron chi connectivity index (χ4n) is 1.57. The molecule has 0 saturated carbocycles. The molecule has 0 aliphatic rings. The minimum atomic E-state index is -0.0238. The fourth-order valence-corrected chi connectivity index (χ4v) is 1.57. The summed E-state index contributed by atoms with van der Waals surface area (Å²) in [7, 11) is 0. The molecule has 88 valence electrons. The van der Waals surface area contributed by atoms with Gasteiger partial charge in [0.15, 0.2) is 0 Å². The number of rotatable bonds is 8. The minimum absolute atomic E-state index is 0.0238. The number of hydrogen-bond acceptors (Lipinski definition) is 2. The van der Waals surface area contributed by atoms with E-state index in [0.717, 1.165) is 32.1 Å². The quantitative estimate of drug-likeness (QED) is 0.453. The number of hydrogen-bond donors (Lipinski definition) is 0. The topological polar surface area (TPSA) is 26.3 Å². The van der Waals surface area contributed by atoms with E-state index in [4.69, 9.17) is 4.74 Å².